The van der Waals surface area contributed by atoms with Crippen molar-refractivity contribution in [2.75, 3.05) is 6.61 Å². The molecule has 2 aromatic rings. The van der Waals surface area contributed by atoms with Gasteiger partial charge in [-0.1, -0.05) is 30.3 Å². The van der Waals surface area contributed by atoms with Crippen molar-refractivity contribution >= 4 is 17.7 Å². The van der Waals surface area contributed by atoms with Crippen molar-refractivity contribution in [3.05, 3.63) is 65.2 Å². The number of carboxylic acid groups (broad SMARTS) is 2. The first-order valence-electron chi connectivity index (χ1n) is 6.76. The molecule has 6 nitrogen and oxygen atoms in total. The fourth-order valence-electron chi connectivity index (χ4n) is 1.97. The molecular formula is C17H14O6. The van der Waals surface area contributed by atoms with Gasteiger partial charge in [-0.05, 0) is 23.8 Å². The van der Waals surface area contributed by atoms with Gasteiger partial charge < -0.3 is 14.9 Å². The summed E-state index contributed by atoms with van der Waals surface area (Å²) in [5.74, 6) is -2.71. The van der Waals surface area contributed by atoms with Crippen molar-refractivity contribution in [1.29, 1.82) is 0 Å². The molecule has 0 bridgehead atoms. The van der Waals surface area contributed by atoms with Crippen LogP contribution in [0, 0.1) is 0 Å². The van der Waals surface area contributed by atoms with Crippen LogP contribution in [0.15, 0.2) is 48.5 Å². The summed E-state index contributed by atoms with van der Waals surface area (Å²) in [5.41, 5.74) is 0.414. The molecule has 2 N–H and O–H groups in total. The lowest BCUT2D eigenvalue weighted by Crippen LogP contribution is -2.14. The van der Waals surface area contributed by atoms with Gasteiger partial charge in [0.1, 0.15) is 12.4 Å². The molecule has 0 atom stereocenters. The fourth-order valence-corrected chi connectivity index (χ4v) is 1.97. The van der Waals surface area contributed by atoms with Crippen molar-refractivity contribution < 1.29 is 29.3 Å². The van der Waals surface area contributed by atoms with Crippen LogP contribution in [0.5, 0.6) is 5.75 Å². The van der Waals surface area contributed by atoms with Gasteiger partial charge in [0.15, 0.2) is 5.78 Å². The Morgan fingerprint density at radius 1 is 0.870 bits per heavy atom. The molecule has 23 heavy (non-hydrogen) atoms. The Hall–Kier alpha value is -3.15. The molecule has 0 aromatic heterocycles. The normalized spacial score (nSPS) is 10.1. The van der Waals surface area contributed by atoms with Gasteiger partial charge in [-0.3, -0.25) is 4.79 Å². The van der Waals surface area contributed by atoms with E-state index in [0.29, 0.717) is 0 Å². The summed E-state index contributed by atoms with van der Waals surface area (Å²) in [6.07, 6.45) is 0.186. The minimum atomic E-state index is -1.27. The van der Waals surface area contributed by atoms with Gasteiger partial charge in [0.05, 0.1) is 11.1 Å². The molecule has 2 aromatic carbocycles. The molecule has 0 spiro atoms. The van der Waals surface area contributed by atoms with Crippen molar-refractivity contribution in [1.82, 2.24) is 0 Å². The van der Waals surface area contributed by atoms with Crippen molar-refractivity contribution in [2.24, 2.45) is 0 Å². The molecular weight excluding hydrogens is 300 g/mol. The van der Waals surface area contributed by atoms with Gasteiger partial charge in [0.25, 0.3) is 0 Å². The first kappa shape index (κ1) is 16.2. The van der Waals surface area contributed by atoms with E-state index in [4.69, 9.17) is 14.9 Å². The summed E-state index contributed by atoms with van der Waals surface area (Å²) in [4.78, 5) is 33.8. The molecule has 0 aliphatic carbocycles. The zero-order valence-corrected chi connectivity index (χ0v) is 12.1. The first-order chi connectivity index (χ1) is 11.0. The number of benzene rings is 2. The standard InChI is InChI=1S/C17H14O6/c18-14(6-11-4-2-1-3-5-11)10-23-15-8-12(16(19)20)7-13(9-15)17(21)22/h1-5,7-9H,6,10H2,(H,19,20)(H,21,22). The van der Waals surface area contributed by atoms with E-state index in [1.807, 2.05) is 30.3 Å². The Labute approximate surface area is 131 Å². The lowest BCUT2D eigenvalue weighted by Gasteiger charge is -2.08. The van der Waals surface area contributed by atoms with Crippen LogP contribution >= 0.6 is 0 Å². The minimum absolute atomic E-state index is 0.0312. The van der Waals surface area contributed by atoms with Crippen LogP contribution in [0.4, 0.5) is 0 Å². The van der Waals surface area contributed by atoms with E-state index < -0.39 is 11.9 Å². The van der Waals surface area contributed by atoms with Crippen LogP contribution in [-0.2, 0) is 11.2 Å². The SMILES string of the molecule is O=C(COc1cc(C(=O)O)cc(C(=O)O)c1)Cc1ccccc1. The Bertz CT molecular complexity index is 704. The summed E-state index contributed by atoms with van der Waals surface area (Å²) >= 11 is 0. The number of carbonyl (C=O) groups is 3. The summed E-state index contributed by atoms with van der Waals surface area (Å²) in [7, 11) is 0. The van der Waals surface area contributed by atoms with E-state index in [-0.39, 0.29) is 35.7 Å². The quantitative estimate of drug-likeness (QED) is 0.813. The fraction of sp³-hybridized carbons (Fsp3) is 0.118. The van der Waals surface area contributed by atoms with Gasteiger partial charge >= 0.3 is 11.9 Å². The molecule has 0 saturated carbocycles. The van der Waals surface area contributed by atoms with Gasteiger partial charge in [0.2, 0.25) is 0 Å². The number of Topliss-reactive ketones (excluding diaryl/α,β-unsaturated/α-hetero) is 1. The van der Waals surface area contributed by atoms with E-state index in [9.17, 15) is 14.4 Å². The highest BCUT2D eigenvalue weighted by molar-refractivity contribution is 5.94. The zero-order valence-electron chi connectivity index (χ0n) is 12.1. The summed E-state index contributed by atoms with van der Waals surface area (Å²) in [5, 5.41) is 17.9. The lowest BCUT2D eigenvalue weighted by molar-refractivity contribution is -0.120. The van der Waals surface area contributed by atoms with Crippen molar-refractivity contribution in [3.63, 3.8) is 0 Å². The molecule has 118 valence electrons. The van der Waals surface area contributed by atoms with Gasteiger partial charge in [-0.15, -0.1) is 0 Å². The average molecular weight is 314 g/mol. The minimum Gasteiger partial charge on any atom is -0.486 e. The summed E-state index contributed by atoms with van der Waals surface area (Å²) in [6.45, 7) is -0.267. The smallest absolute Gasteiger partial charge is 0.335 e. The number of carbonyl (C=O) groups excluding carboxylic acids is 1. The van der Waals surface area contributed by atoms with Crippen LogP contribution in [0.25, 0.3) is 0 Å². The van der Waals surface area contributed by atoms with Crippen LogP contribution in [0.1, 0.15) is 26.3 Å². The Morgan fingerprint density at radius 2 is 1.43 bits per heavy atom. The second kappa shape index (κ2) is 7.22. The van der Waals surface area contributed by atoms with Gasteiger partial charge in [-0.2, -0.15) is 0 Å². The van der Waals surface area contributed by atoms with E-state index in [0.717, 1.165) is 11.6 Å². The molecule has 0 aliphatic rings. The summed E-state index contributed by atoms with van der Waals surface area (Å²) in [6, 6.07) is 12.5. The predicted octanol–water partition coefficient (Wildman–Crippen LogP) is 2.27. The highest BCUT2D eigenvalue weighted by Crippen LogP contribution is 2.18. The zero-order chi connectivity index (χ0) is 16.8. The molecule has 2 rings (SSSR count). The second-order valence-electron chi connectivity index (χ2n) is 4.85. The number of hydrogen-bond acceptors (Lipinski definition) is 4. The third-order valence-corrected chi connectivity index (χ3v) is 3.04. The lowest BCUT2D eigenvalue weighted by atomic mass is 10.1. The van der Waals surface area contributed by atoms with Crippen molar-refractivity contribution in [3.8, 4) is 5.75 Å². The number of carboxylic acids is 2. The highest BCUT2D eigenvalue weighted by Gasteiger charge is 2.13. The number of ether oxygens (including phenoxy) is 1. The largest absolute Gasteiger partial charge is 0.486 e. The van der Waals surface area contributed by atoms with Crippen molar-refractivity contribution in [2.45, 2.75) is 6.42 Å². The highest BCUT2D eigenvalue weighted by atomic mass is 16.5. The maximum Gasteiger partial charge on any atom is 0.335 e. The van der Waals surface area contributed by atoms with Gasteiger partial charge in [0, 0.05) is 6.42 Å². The van der Waals surface area contributed by atoms with E-state index in [2.05, 4.69) is 0 Å². The number of hydrogen-bond donors (Lipinski definition) is 2. The second-order valence-corrected chi connectivity index (χ2v) is 4.85. The number of rotatable bonds is 7. The first-order valence-corrected chi connectivity index (χ1v) is 6.76. The molecule has 0 unspecified atom stereocenters. The number of aromatic carboxylic acids is 2. The van der Waals surface area contributed by atoms with Crippen LogP contribution < -0.4 is 4.74 Å². The maximum atomic E-state index is 11.9. The third kappa shape index (κ3) is 4.67. The predicted molar refractivity (Wildman–Crippen MR) is 81.0 cm³/mol. The maximum absolute atomic E-state index is 11.9. The molecule has 0 aliphatic heterocycles. The third-order valence-electron chi connectivity index (χ3n) is 3.04. The molecule has 0 amide bonds. The van der Waals surface area contributed by atoms with E-state index in [1.165, 1.54) is 12.1 Å². The molecule has 0 fully saturated rings. The average Bonchev–Trinajstić information content (AvgIpc) is 2.53. The van der Waals surface area contributed by atoms with Crippen LogP contribution in [0.3, 0.4) is 0 Å². The van der Waals surface area contributed by atoms with E-state index >= 15 is 0 Å². The molecule has 6 heteroatoms. The number of ketones is 1. The Morgan fingerprint density at radius 3 is 1.96 bits per heavy atom. The Kier molecular flexibility index (Phi) is 5.09. The van der Waals surface area contributed by atoms with Crippen LogP contribution in [0.2, 0.25) is 0 Å². The van der Waals surface area contributed by atoms with Crippen LogP contribution in [-0.4, -0.2) is 34.5 Å². The van der Waals surface area contributed by atoms with Gasteiger partial charge in [-0.25, -0.2) is 9.59 Å². The monoisotopic (exact) mass is 314 g/mol. The molecule has 0 saturated heterocycles. The Balaban J connectivity index is 2.06. The molecule has 0 radical (unpaired) electrons. The molecule has 0 heterocycles. The van der Waals surface area contributed by atoms with E-state index in [1.54, 1.807) is 0 Å². The summed E-state index contributed by atoms with van der Waals surface area (Å²) < 4.78 is 5.25. The topological polar surface area (TPSA) is 101 Å².